The van der Waals surface area contributed by atoms with Crippen molar-refractivity contribution in [3.63, 3.8) is 0 Å². The average Bonchev–Trinajstić information content (AvgIpc) is 3.16. The molecule has 51 heavy (non-hydrogen) atoms. The van der Waals surface area contributed by atoms with Gasteiger partial charge in [0.15, 0.2) is 0 Å². The molecule has 0 fully saturated rings. The SMILES string of the molecule is CN1c2ccccc2B2c3ccccc3N(C)c3c(-c4cc(-c5ccccc5)ccn4)[c-]cc1c32.Cc1c[c-]c(-c2cc(C)c(C)cn2)cc1.[Ir]. The van der Waals surface area contributed by atoms with Crippen molar-refractivity contribution in [3.05, 3.63) is 163 Å². The van der Waals surface area contributed by atoms with Crippen molar-refractivity contribution in [2.45, 2.75) is 20.8 Å². The monoisotopic (exact) mass is 837 g/mol. The van der Waals surface area contributed by atoms with E-state index in [1.165, 1.54) is 61.4 Å². The summed E-state index contributed by atoms with van der Waals surface area (Å²) in [6.07, 6.45) is 3.83. The van der Waals surface area contributed by atoms with Crippen molar-refractivity contribution in [3.8, 4) is 33.6 Å². The van der Waals surface area contributed by atoms with E-state index in [2.05, 4.69) is 171 Å². The Morgan fingerprint density at radius 2 is 1.27 bits per heavy atom. The van der Waals surface area contributed by atoms with E-state index in [-0.39, 0.29) is 26.8 Å². The molecular formula is C45H37BIrN4-2. The van der Waals surface area contributed by atoms with E-state index in [9.17, 15) is 0 Å². The molecule has 6 heteroatoms. The molecule has 2 aliphatic heterocycles. The minimum absolute atomic E-state index is 0. The van der Waals surface area contributed by atoms with Gasteiger partial charge in [-0.05, 0) is 82.4 Å². The van der Waals surface area contributed by atoms with Gasteiger partial charge in [0.2, 0.25) is 6.71 Å². The van der Waals surface area contributed by atoms with E-state index in [4.69, 9.17) is 4.98 Å². The van der Waals surface area contributed by atoms with Crippen LogP contribution in [0, 0.1) is 32.9 Å². The summed E-state index contributed by atoms with van der Waals surface area (Å²) in [6.45, 7) is 6.42. The maximum Gasteiger partial charge on any atom is 0.232 e. The summed E-state index contributed by atoms with van der Waals surface area (Å²) in [4.78, 5) is 13.9. The van der Waals surface area contributed by atoms with E-state index in [0.717, 1.165) is 28.1 Å². The molecule has 0 N–H and O–H groups in total. The average molecular weight is 837 g/mol. The fraction of sp³-hybridized carbons (Fsp3) is 0.111. The molecule has 0 bridgehead atoms. The van der Waals surface area contributed by atoms with Crippen molar-refractivity contribution in [2.75, 3.05) is 23.9 Å². The van der Waals surface area contributed by atoms with Crippen LogP contribution in [0.25, 0.3) is 33.6 Å². The predicted octanol–water partition coefficient (Wildman–Crippen LogP) is 8.37. The van der Waals surface area contributed by atoms with Crippen LogP contribution in [-0.4, -0.2) is 30.8 Å². The van der Waals surface area contributed by atoms with Crippen LogP contribution in [0.15, 0.2) is 134 Å². The molecule has 7 aromatic rings. The molecule has 5 aromatic carbocycles. The van der Waals surface area contributed by atoms with E-state index in [1.54, 1.807) is 0 Å². The maximum atomic E-state index is 4.82. The van der Waals surface area contributed by atoms with Crippen LogP contribution < -0.4 is 26.2 Å². The van der Waals surface area contributed by atoms with Crippen LogP contribution in [-0.2, 0) is 20.1 Å². The van der Waals surface area contributed by atoms with Gasteiger partial charge in [-0.3, -0.25) is 0 Å². The first kappa shape index (κ1) is 34.2. The molecule has 9 rings (SSSR count). The second-order valence-electron chi connectivity index (χ2n) is 13.2. The molecule has 4 heterocycles. The number of benzene rings is 5. The molecule has 0 spiro atoms. The molecule has 1 radical (unpaired) electrons. The van der Waals surface area contributed by atoms with E-state index >= 15 is 0 Å². The van der Waals surface area contributed by atoms with Gasteiger partial charge in [-0.1, -0.05) is 91.3 Å². The Kier molecular flexibility index (Phi) is 9.48. The van der Waals surface area contributed by atoms with Crippen LogP contribution in [0.1, 0.15) is 16.7 Å². The van der Waals surface area contributed by atoms with Gasteiger partial charge < -0.3 is 19.8 Å². The summed E-state index contributed by atoms with van der Waals surface area (Å²) >= 11 is 0. The third-order valence-corrected chi connectivity index (χ3v) is 10.1. The van der Waals surface area contributed by atoms with Gasteiger partial charge in [0.05, 0.1) is 0 Å². The van der Waals surface area contributed by atoms with Crippen LogP contribution >= 0.6 is 0 Å². The molecule has 251 valence electrons. The van der Waals surface area contributed by atoms with Gasteiger partial charge in [0.1, 0.15) is 0 Å². The minimum Gasteiger partial charge on any atom is -0.385 e. The van der Waals surface area contributed by atoms with Gasteiger partial charge in [-0.2, -0.15) is 0 Å². The first-order chi connectivity index (χ1) is 24.4. The molecule has 2 aliphatic rings. The number of anilines is 4. The summed E-state index contributed by atoms with van der Waals surface area (Å²) < 4.78 is 0. The molecular weight excluding hydrogens is 800 g/mol. The molecule has 0 amide bonds. The number of hydrogen-bond acceptors (Lipinski definition) is 4. The smallest absolute Gasteiger partial charge is 0.232 e. The van der Waals surface area contributed by atoms with Gasteiger partial charge >= 0.3 is 0 Å². The van der Waals surface area contributed by atoms with Crippen LogP contribution in [0.5, 0.6) is 0 Å². The molecule has 4 nitrogen and oxygen atoms in total. The zero-order valence-corrected chi connectivity index (χ0v) is 31.8. The van der Waals surface area contributed by atoms with Gasteiger partial charge in [-0.15, -0.1) is 58.6 Å². The van der Waals surface area contributed by atoms with Crippen molar-refractivity contribution in [2.24, 2.45) is 0 Å². The molecule has 0 saturated heterocycles. The summed E-state index contributed by atoms with van der Waals surface area (Å²) in [5, 5.41) is 0. The molecule has 0 saturated carbocycles. The molecule has 2 aromatic heterocycles. The Balaban J connectivity index is 0.000000214. The maximum absolute atomic E-state index is 4.82. The Morgan fingerprint density at radius 3 is 1.96 bits per heavy atom. The number of hydrogen-bond donors (Lipinski definition) is 0. The number of aryl methyl sites for hydroxylation is 3. The Hall–Kier alpha value is -5.29. The van der Waals surface area contributed by atoms with Crippen molar-refractivity contribution in [1.29, 1.82) is 0 Å². The third kappa shape index (κ3) is 6.20. The zero-order chi connectivity index (χ0) is 34.4. The summed E-state index contributed by atoms with van der Waals surface area (Å²) in [5.41, 5.74) is 19.0. The van der Waals surface area contributed by atoms with Gasteiger partial charge in [0.25, 0.3) is 0 Å². The normalized spacial score (nSPS) is 12.1. The van der Waals surface area contributed by atoms with Gasteiger partial charge in [0, 0.05) is 58.0 Å². The molecule has 0 atom stereocenters. The minimum atomic E-state index is 0. The first-order valence-electron chi connectivity index (χ1n) is 17.1. The van der Waals surface area contributed by atoms with Crippen molar-refractivity contribution in [1.82, 2.24) is 9.97 Å². The number of pyridine rings is 2. The first-order valence-corrected chi connectivity index (χ1v) is 17.1. The van der Waals surface area contributed by atoms with Crippen molar-refractivity contribution >= 4 is 45.9 Å². The summed E-state index contributed by atoms with van der Waals surface area (Å²) in [7, 11) is 4.33. The standard InChI is InChI=1S/C31H23BN3.C14H14N.Ir/c1-34-27-14-8-6-12-24(27)32-25-13-7-9-15-28(25)35(2)31-23(16-17-29(34)30(31)32)26-20-22(18-19-33-26)21-10-4-3-5-11-21;1-10-4-6-13(7-5-10)14-8-11(2)12(3)9-15-14;/h3-15,17-20H,1-2H3;4-6,8-9H,1-3H3;/q2*-1;. The van der Waals surface area contributed by atoms with E-state index in [1.807, 2.05) is 24.5 Å². The Bertz CT molecular complexity index is 2350. The number of fused-ring (bicyclic) bond motifs is 4. The molecule has 0 unspecified atom stereocenters. The van der Waals surface area contributed by atoms with Crippen LogP contribution in [0.4, 0.5) is 22.7 Å². The van der Waals surface area contributed by atoms with Gasteiger partial charge in [-0.25, -0.2) is 0 Å². The fourth-order valence-corrected chi connectivity index (χ4v) is 7.26. The van der Waals surface area contributed by atoms with Crippen molar-refractivity contribution < 1.29 is 20.1 Å². The number of rotatable bonds is 3. The zero-order valence-electron chi connectivity index (χ0n) is 29.4. The number of aromatic nitrogens is 2. The third-order valence-electron chi connectivity index (χ3n) is 10.1. The number of para-hydroxylation sites is 2. The largest absolute Gasteiger partial charge is 0.385 e. The second-order valence-corrected chi connectivity index (χ2v) is 13.2. The quantitative estimate of drug-likeness (QED) is 0.132. The number of nitrogens with zero attached hydrogens (tertiary/aromatic N) is 4. The fourth-order valence-electron chi connectivity index (χ4n) is 7.26. The summed E-state index contributed by atoms with van der Waals surface area (Å²) in [6, 6.07) is 49.6. The topological polar surface area (TPSA) is 32.3 Å². The molecule has 0 aliphatic carbocycles. The second kappa shape index (κ2) is 14.1. The predicted molar refractivity (Wildman–Crippen MR) is 210 cm³/mol. The van der Waals surface area contributed by atoms with E-state index in [0.29, 0.717) is 0 Å². The van der Waals surface area contributed by atoms with Crippen LogP contribution in [0.2, 0.25) is 0 Å². The van der Waals surface area contributed by atoms with Crippen LogP contribution in [0.3, 0.4) is 0 Å². The Labute approximate surface area is 315 Å². The van der Waals surface area contributed by atoms with E-state index < -0.39 is 0 Å². The Morgan fingerprint density at radius 1 is 0.588 bits per heavy atom. The summed E-state index contributed by atoms with van der Waals surface area (Å²) in [5.74, 6) is 0.